The van der Waals surface area contributed by atoms with Crippen molar-refractivity contribution in [3.63, 3.8) is 0 Å². The highest BCUT2D eigenvalue weighted by Gasteiger charge is 2.52. The average Bonchev–Trinajstić information content (AvgIpc) is 3.95. The van der Waals surface area contributed by atoms with Crippen molar-refractivity contribution < 1.29 is 91.5 Å². The Morgan fingerprint density at radius 1 is 0.512 bits per heavy atom. The van der Waals surface area contributed by atoms with Crippen molar-refractivity contribution in [2.24, 2.45) is 0 Å². The minimum atomic E-state index is -4.98. The molecule has 4 fully saturated rings. The lowest BCUT2D eigenvalue weighted by Crippen LogP contribution is -2.65. The number of nitrogens with zero attached hydrogens (tertiary/aromatic N) is 2. The van der Waals surface area contributed by atoms with Gasteiger partial charge in [-0.25, -0.2) is 9.59 Å². The number of benzene rings is 4. The summed E-state index contributed by atoms with van der Waals surface area (Å²) in [6.07, 6.45) is -19.3. The largest absolute Gasteiger partial charge is 0.416 e. The Morgan fingerprint density at radius 3 is 1.25 bits per heavy atom. The van der Waals surface area contributed by atoms with Crippen LogP contribution in [0.3, 0.4) is 0 Å². The second kappa shape index (κ2) is 23.7. The van der Waals surface area contributed by atoms with Crippen LogP contribution in [0.1, 0.15) is 122 Å². The van der Waals surface area contributed by atoms with Gasteiger partial charge in [0, 0.05) is 30.7 Å². The van der Waals surface area contributed by atoms with Gasteiger partial charge >= 0.3 is 36.8 Å². The Morgan fingerprint density at radius 2 is 0.887 bits per heavy atom. The summed E-state index contributed by atoms with van der Waals surface area (Å²) in [7, 11) is 0. The number of carbonyl (C=O) groups is 4. The number of piperidine rings is 1. The Labute approximate surface area is 452 Å². The van der Waals surface area contributed by atoms with Crippen LogP contribution in [-0.4, -0.2) is 101 Å². The molecular weight excluding hydrogens is 1090 g/mol. The molecule has 80 heavy (non-hydrogen) atoms. The van der Waals surface area contributed by atoms with E-state index in [9.17, 15) is 82.1 Å². The van der Waals surface area contributed by atoms with Crippen LogP contribution in [0, 0.1) is 0 Å². The number of amides is 6. The minimum absolute atomic E-state index is 0.00386. The number of carbonyl (C=O) groups excluding carboxylic acids is 4. The van der Waals surface area contributed by atoms with Crippen LogP contribution in [-0.2, 0) is 54.7 Å². The molecule has 4 aromatic rings. The van der Waals surface area contributed by atoms with Crippen molar-refractivity contribution in [3.8, 4) is 0 Å². The number of imide groups is 2. The number of alkyl halides is 12. The third kappa shape index (κ3) is 13.7. The highest BCUT2D eigenvalue weighted by molar-refractivity contribution is 6.03. The van der Waals surface area contributed by atoms with E-state index in [2.05, 4.69) is 16.0 Å². The second-order valence-corrected chi connectivity index (χ2v) is 20.8. The number of halogens is 12. The Hall–Kier alpha value is -6.28. The number of rotatable bonds is 16. The molecule has 3 saturated heterocycles. The third-order valence-corrected chi connectivity index (χ3v) is 15.9. The number of aliphatic hydroxyl groups is 2. The number of hydrogen-bond acceptors (Lipinski definition) is 9. The molecule has 3 heterocycles. The first-order chi connectivity index (χ1) is 37.4. The first-order valence-electron chi connectivity index (χ1n) is 25.5. The van der Waals surface area contributed by atoms with Crippen molar-refractivity contribution in [2.75, 3.05) is 46.1 Å². The zero-order chi connectivity index (χ0) is 58.7. The smallest absolute Gasteiger partial charge is 0.396 e. The van der Waals surface area contributed by atoms with Gasteiger partial charge in [0.25, 0.3) is 0 Å². The Balaban J connectivity index is 0.000000231. The molecule has 0 spiro atoms. The van der Waals surface area contributed by atoms with Gasteiger partial charge < -0.3 is 34.8 Å². The summed E-state index contributed by atoms with van der Waals surface area (Å²) in [6, 6.07) is 19.9. The highest BCUT2D eigenvalue weighted by atomic mass is 19.4. The van der Waals surface area contributed by atoms with E-state index in [0.29, 0.717) is 62.8 Å². The standard InChI is InChI=1S/C28H30F6N2O4.C27H29F6N3O4/c1-18(19-13-21(27(29,30)31)15-22(14-19)28(32,33)34)40-17-25(20-5-3-2-4-6-20)7-9-26(10-8-25,11-12-37)36-16-23(38)35-24(36)39;1-17(18-11-20(26(28,29)30)13-21(12-18)27(31,32)33)40-16-25(19-5-3-2-4-6-19)8-7-24(9-10-37,15-34-25)36-14-22(38)35-23(36)39/h2-6,13-15,18,37H,7-12,16-17H2,1H3,(H,35,38,39);2-6,11-13,17,34,37H,7-10,14-16H2,1H3,(H,35,38,39)/t18-,25?,26?;17-,24-,25-/m11/s1. The zero-order valence-electron chi connectivity index (χ0n) is 43.3. The van der Waals surface area contributed by atoms with Crippen LogP contribution >= 0.6 is 0 Å². The normalized spacial score (nSPS) is 24.8. The topological polar surface area (TPSA) is 170 Å². The summed E-state index contributed by atoms with van der Waals surface area (Å²) in [5.41, 5.74) is -7.79. The number of nitrogens with one attached hydrogen (secondary N) is 3. The SMILES string of the molecule is C[C@@H](OCC1(c2ccccc2)CCC(CCO)(N2CC(=O)NC2=O)CC1)c1cc(C(F)(F)F)cc(C(F)(F)F)c1.C[C@@H](OC[C@@]1(c2ccccc2)CC[C@](CCO)(N2CC(=O)NC2=O)CN1)c1cc(C(F)(F)F)cc(C(F)(F)F)c1. The molecule has 0 aromatic heterocycles. The second-order valence-electron chi connectivity index (χ2n) is 20.8. The predicted octanol–water partition coefficient (Wildman–Crippen LogP) is 10.7. The van der Waals surface area contributed by atoms with Gasteiger partial charge in [-0.2, -0.15) is 52.7 Å². The molecule has 0 bridgehead atoms. The average molecular weight is 1150 g/mol. The first-order valence-corrected chi connectivity index (χ1v) is 25.5. The molecule has 8 rings (SSSR count). The van der Waals surface area contributed by atoms with Crippen molar-refractivity contribution in [3.05, 3.63) is 142 Å². The van der Waals surface area contributed by atoms with Gasteiger partial charge in [-0.3, -0.25) is 20.2 Å². The fraction of sp³-hybridized carbons (Fsp3) is 0.491. The van der Waals surface area contributed by atoms with Crippen LogP contribution in [0.25, 0.3) is 0 Å². The fourth-order valence-electron chi connectivity index (χ4n) is 11.1. The molecule has 1 saturated carbocycles. The molecule has 6 amide bonds. The van der Waals surface area contributed by atoms with E-state index in [1.165, 1.54) is 23.6 Å². The van der Waals surface area contributed by atoms with Crippen LogP contribution in [0.4, 0.5) is 62.3 Å². The van der Waals surface area contributed by atoms with Crippen molar-refractivity contribution >= 4 is 23.9 Å². The first kappa shape index (κ1) is 61.3. The third-order valence-electron chi connectivity index (χ3n) is 15.9. The van der Waals surface area contributed by atoms with Crippen molar-refractivity contribution in [1.82, 2.24) is 25.8 Å². The zero-order valence-corrected chi connectivity index (χ0v) is 43.3. The molecule has 5 N–H and O–H groups in total. The van der Waals surface area contributed by atoms with Crippen molar-refractivity contribution in [2.45, 2.75) is 124 Å². The predicted molar refractivity (Wildman–Crippen MR) is 263 cm³/mol. The van der Waals surface area contributed by atoms with Crippen LogP contribution in [0.2, 0.25) is 0 Å². The van der Waals surface area contributed by atoms with Gasteiger partial charge in [-0.05, 0) is 124 Å². The number of urea groups is 2. The van der Waals surface area contributed by atoms with E-state index in [1.807, 2.05) is 42.5 Å². The summed E-state index contributed by atoms with van der Waals surface area (Å²) in [5, 5.41) is 27.4. The molecular formula is C55H59F12N5O8. The lowest BCUT2D eigenvalue weighted by atomic mass is 9.63. The number of aliphatic hydroxyl groups excluding tert-OH is 2. The molecule has 0 unspecified atom stereocenters. The van der Waals surface area contributed by atoms with E-state index >= 15 is 0 Å². The molecule has 25 heteroatoms. The molecule has 4 aromatic carbocycles. The van der Waals surface area contributed by atoms with Gasteiger partial charge in [-0.1, -0.05) is 60.7 Å². The molecule has 1 aliphatic carbocycles. The molecule has 13 nitrogen and oxygen atoms in total. The van der Waals surface area contributed by atoms with Crippen LogP contribution in [0.5, 0.6) is 0 Å². The van der Waals surface area contributed by atoms with Gasteiger partial charge in [0.15, 0.2) is 0 Å². The van der Waals surface area contributed by atoms with Gasteiger partial charge in [0.2, 0.25) is 11.8 Å². The van der Waals surface area contributed by atoms with Crippen LogP contribution < -0.4 is 16.0 Å². The van der Waals surface area contributed by atoms with Gasteiger partial charge in [-0.15, -0.1) is 0 Å². The Bertz CT molecular complexity index is 2580. The monoisotopic (exact) mass is 1150 g/mol. The molecule has 436 valence electrons. The quantitative estimate of drug-likeness (QED) is 0.0541. The van der Waals surface area contributed by atoms with E-state index in [1.54, 1.807) is 18.2 Å². The fourth-order valence-corrected chi connectivity index (χ4v) is 11.1. The molecule has 4 aliphatic rings. The maximum atomic E-state index is 13.4. The summed E-state index contributed by atoms with van der Waals surface area (Å²) in [4.78, 5) is 51.5. The van der Waals surface area contributed by atoms with Crippen molar-refractivity contribution in [1.29, 1.82) is 0 Å². The summed E-state index contributed by atoms with van der Waals surface area (Å²) >= 11 is 0. The lowest BCUT2D eigenvalue weighted by Gasteiger charge is -2.51. The number of ether oxygens (including phenoxy) is 2. The maximum Gasteiger partial charge on any atom is 0.416 e. The van der Waals surface area contributed by atoms with Gasteiger partial charge in [0.05, 0.1) is 58.8 Å². The van der Waals surface area contributed by atoms with E-state index in [4.69, 9.17) is 9.47 Å². The molecule has 3 aliphatic heterocycles. The highest BCUT2D eigenvalue weighted by Crippen LogP contribution is 2.49. The van der Waals surface area contributed by atoms with Gasteiger partial charge in [0.1, 0.15) is 13.1 Å². The van der Waals surface area contributed by atoms with E-state index in [-0.39, 0.29) is 82.2 Å². The van der Waals surface area contributed by atoms with E-state index < -0.39 is 105 Å². The lowest BCUT2D eigenvalue weighted by molar-refractivity contribution is -0.145. The molecule has 4 atom stereocenters. The Kier molecular flexibility index (Phi) is 18.1. The molecule has 0 radical (unpaired) electrons. The van der Waals surface area contributed by atoms with Crippen LogP contribution in [0.15, 0.2) is 97.1 Å². The maximum absolute atomic E-state index is 13.4. The summed E-state index contributed by atoms with van der Waals surface area (Å²) in [5.74, 6) is -0.891. The minimum Gasteiger partial charge on any atom is -0.396 e. The van der Waals surface area contributed by atoms with E-state index in [0.717, 1.165) is 11.1 Å². The number of hydrogen-bond donors (Lipinski definition) is 5. The summed E-state index contributed by atoms with van der Waals surface area (Å²) in [6.45, 7) is 2.09. The summed E-state index contributed by atoms with van der Waals surface area (Å²) < 4.78 is 173.